The summed E-state index contributed by atoms with van der Waals surface area (Å²) in [6.45, 7) is 3.06. The summed E-state index contributed by atoms with van der Waals surface area (Å²) >= 11 is 0. The van der Waals surface area contributed by atoms with Crippen LogP contribution in [0.15, 0.2) is 27.8 Å². The third-order valence-electron chi connectivity index (χ3n) is 6.95. The number of anilines is 1. The molecule has 0 bridgehead atoms. The molecule has 1 aliphatic carbocycles. The first-order valence-corrected chi connectivity index (χ1v) is 11.9. The normalized spacial score (nSPS) is 17.2. The van der Waals surface area contributed by atoms with Gasteiger partial charge in [-0.05, 0) is 44.2 Å². The fourth-order valence-electron chi connectivity index (χ4n) is 5.31. The highest BCUT2D eigenvalue weighted by atomic mass is 16.2. The molecule has 1 aliphatic heterocycles. The summed E-state index contributed by atoms with van der Waals surface area (Å²) in [5.74, 6) is 3.86. The molecule has 4 aromatic rings. The number of aromatic nitrogens is 6. The second kappa shape index (κ2) is 8.06. The van der Waals surface area contributed by atoms with Gasteiger partial charge in [-0.2, -0.15) is 4.98 Å². The van der Waals surface area contributed by atoms with Crippen LogP contribution in [0.1, 0.15) is 36.8 Å². The molecule has 1 fully saturated rings. The van der Waals surface area contributed by atoms with E-state index in [1.807, 2.05) is 17.0 Å². The van der Waals surface area contributed by atoms with Crippen LogP contribution in [0.5, 0.6) is 0 Å². The summed E-state index contributed by atoms with van der Waals surface area (Å²) in [5.41, 5.74) is 8.89. The van der Waals surface area contributed by atoms with Crippen LogP contribution >= 0.6 is 0 Å². The van der Waals surface area contributed by atoms with Gasteiger partial charge in [-0.25, -0.2) is 19.3 Å². The molecular formula is C25H26N8O2. The number of hydrogen-bond acceptors (Lipinski definition) is 7. The molecule has 4 heterocycles. The molecule has 6 rings (SSSR count). The van der Waals surface area contributed by atoms with Crippen molar-refractivity contribution in [2.24, 2.45) is 12.8 Å². The van der Waals surface area contributed by atoms with E-state index in [-0.39, 0.29) is 18.1 Å². The van der Waals surface area contributed by atoms with E-state index in [1.165, 1.54) is 14.7 Å². The summed E-state index contributed by atoms with van der Waals surface area (Å²) < 4.78 is 4.17. The van der Waals surface area contributed by atoms with E-state index in [0.29, 0.717) is 24.0 Å². The van der Waals surface area contributed by atoms with Gasteiger partial charge in [-0.15, -0.1) is 0 Å². The van der Waals surface area contributed by atoms with Crippen molar-refractivity contribution in [1.82, 2.24) is 28.7 Å². The van der Waals surface area contributed by atoms with Crippen molar-refractivity contribution in [3.63, 3.8) is 0 Å². The molecule has 1 saturated heterocycles. The Kier molecular flexibility index (Phi) is 4.96. The predicted octanol–water partition coefficient (Wildman–Crippen LogP) is 0.743. The van der Waals surface area contributed by atoms with E-state index in [1.54, 1.807) is 18.5 Å². The van der Waals surface area contributed by atoms with E-state index in [9.17, 15) is 9.59 Å². The molecule has 2 N–H and O–H groups in total. The number of piperidine rings is 1. The number of hydrogen-bond donors (Lipinski definition) is 1. The van der Waals surface area contributed by atoms with E-state index < -0.39 is 11.2 Å². The number of nitrogens with two attached hydrogens (primary N) is 1. The van der Waals surface area contributed by atoms with E-state index in [4.69, 9.17) is 10.7 Å². The minimum atomic E-state index is -0.465. The Morgan fingerprint density at radius 3 is 2.83 bits per heavy atom. The molecule has 0 saturated carbocycles. The summed E-state index contributed by atoms with van der Waals surface area (Å²) in [6, 6.07) is 9.05. The number of rotatable bonds is 3. The summed E-state index contributed by atoms with van der Waals surface area (Å²) in [4.78, 5) is 43.1. The maximum absolute atomic E-state index is 13.7. The Morgan fingerprint density at radius 2 is 2.03 bits per heavy atom. The third kappa shape index (κ3) is 3.34. The van der Waals surface area contributed by atoms with Crippen molar-refractivity contribution in [3.05, 3.63) is 56.1 Å². The molecule has 1 aromatic carbocycles. The number of imidazole rings is 1. The lowest BCUT2D eigenvalue weighted by atomic mass is 10.1. The first-order valence-electron chi connectivity index (χ1n) is 11.9. The molecule has 10 nitrogen and oxygen atoms in total. The van der Waals surface area contributed by atoms with Crippen LogP contribution in [-0.4, -0.2) is 47.8 Å². The Labute approximate surface area is 201 Å². The molecule has 0 amide bonds. The average Bonchev–Trinajstić information content (AvgIpc) is 3.44. The number of fused-ring (bicyclic) bond motifs is 1. The molecule has 0 radical (unpaired) electrons. The van der Waals surface area contributed by atoms with Crippen LogP contribution in [0.25, 0.3) is 22.1 Å². The van der Waals surface area contributed by atoms with Crippen molar-refractivity contribution < 1.29 is 0 Å². The van der Waals surface area contributed by atoms with E-state index in [0.717, 1.165) is 48.8 Å². The van der Waals surface area contributed by atoms with Gasteiger partial charge in [0, 0.05) is 37.6 Å². The summed E-state index contributed by atoms with van der Waals surface area (Å²) in [6.07, 6.45) is 3.63. The molecule has 0 spiro atoms. The Hall–Kier alpha value is -3.97. The van der Waals surface area contributed by atoms with Crippen molar-refractivity contribution in [3.8, 4) is 12.0 Å². The zero-order valence-corrected chi connectivity index (χ0v) is 19.8. The quantitative estimate of drug-likeness (QED) is 0.439. The van der Waals surface area contributed by atoms with Gasteiger partial charge in [-0.3, -0.25) is 13.9 Å². The van der Waals surface area contributed by atoms with Crippen LogP contribution in [-0.2, 0) is 26.4 Å². The van der Waals surface area contributed by atoms with Gasteiger partial charge < -0.3 is 10.6 Å². The zero-order chi connectivity index (χ0) is 24.3. The van der Waals surface area contributed by atoms with Crippen LogP contribution in [0.2, 0.25) is 0 Å². The Bertz CT molecular complexity index is 1680. The third-order valence-corrected chi connectivity index (χ3v) is 6.95. The second-order valence-electron chi connectivity index (χ2n) is 9.26. The van der Waals surface area contributed by atoms with Crippen LogP contribution < -0.4 is 21.9 Å². The van der Waals surface area contributed by atoms with Gasteiger partial charge in [-0.1, -0.05) is 18.1 Å². The van der Waals surface area contributed by atoms with E-state index >= 15 is 0 Å². The van der Waals surface area contributed by atoms with Crippen molar-refractivity contribution in [2.45, 2.75) is 45.2 Å². The van der Waals surface area contributed by atoms with Gasteiger partial charge in [0.05, 0.1) is 17.8 Å². The molecule has 178 valence electrons. The molecular weight excluding hydrogens is 444 g/mol. The zero-order valence-electron chi connectivity index (χ0n) is 19.8. The number of nitrogens with zero attached hydrogens (tertiary/aromatic N) is 7. The van der Waals surface area contributed by atoms with Gasteiger partial charge >= 0.3 is 5.69 Å². The highest BCUT2D eigenvalue weighted by Crippen LogP contribution is 2.28. The SMILES string of the molecule is CC#Cn1c(N2CCC[C@@H](N)C2)nc2c1c(=O)n(Cc1nc3c4c(cccc4n1)CC3)c(=O)n2C. The van der Waals surface area contributed by atoms with Gasteiger partial charge in [0.25, 0.3) is 5.56 Å². The summed E-state index contributed by atoms with van der Waals surface area (Å²) in [5, 5.41) is 1.09. The Balaban J connectivity index is 1.52. The Morgan fingerprint density at radius 1 is 1.17 bits per heavy atom. The topological polar surface area (TPSA) is 117 Å². The van der Waals surface area contributed by atoms with Gasteiger partial charge in [0.1, 0.15) is 5.82 Å². The van der Waals surface area contributed by atoms with Gasteiger partial charge in [0.2, 0.25) is 5.95 Å². The lowest BCUT2D eigenvalue weighted by Gasteiger charge is -2.31. The molecule has 10 heteroatoms. The lowest BCUT2D eigenvalue weighted by Crippen LogP contribution is -2.43. The van der Waals surface area contributed by atoms with Crippen LogP contribution in [0.3, 0.4) is 0 Å². The van der Waals surface area contributed by atoms with Gasteiger partial charge in [0.15, 0.2) is 11.2 Å². The molecule has 0 unspecified atom stereocenters. The predicted molar refractivity (Wildman–Crippen MR) is 134 cm³/mol. The van der Waals surface area contributed by atoms with Crippen molar-refractivity contribution in [2.75, 3.05) is 18.0 Å². The summed E-state index contributed by atoms with van der Waals surface area (Å²) in [7, 11) is 1.62. The van der Waals surface area contributed by atoms with Crippen molar-refractivity contribution >= 4 is 28.0 Å². The molecule has 3 aromatic heterocycles. The molecule has 2 aliphatic rings. The molecule has 35 heavy (non-hydrogen) atoms. The minimum Gasteiger partial charge on any atom is -0.340 e. The standard InChI is InChI=1S/C25H26N8O2/c1-3-11-32-21-22(29-24(32)31-12-5-7-16(26)13-31)30(2)25(35)33(23(21)34)14-19-27-17-8-4-6-15-9-10-18(28-19)20(15)17/h4,6,8,16H,5,7,9-10,12-14,26H2,1-2H3/t16-/m1/s1. The second-order valence-corrected chi connectivity index (χ2v) is 9.26. The van der Waals surface area contributed by atoms with Crippen LogP contribution in [0.4, 0.5) is 5.95 Å². The highest BCUT2D eigenvalue weighted by Gasteiger charge is 2.26. The monoisotopic (exact) mass is 470 g/mol. The highest BCUT2D eigenvalue weighted by molar-refractivity contribution is 5.86. The largest absolute Gasteiger partial charge is 0.340 e. The average molecular weight is 471 g/mol. The first-order chi connectivity index (χ1) is 17.0. The maximum Gasteiger partial charge on any atom is 0.332 e. The smallest absolute Gasteiger partial charge is 0.332 e. The fourth-order valence-corrected chi connectivity index (χ4v) is 5.31. The van der Waals surface area contributed by atoms with E-state index in [2.05, 4.69) is 28.0 Å². The fraction of sp³-hybridized carbons (Fsp3) is 0.400. The lowest BCUT2D eigenvalue weighted by molar-refractivity contribution is 0.499. The number of aryl methyl sites for hydroxylation is 3. The van der Waals surface area contributed by atoms with Crippen molar-refractivity contribution in [1.29, 1.82) is 0 Å². The minimum absolute atomic E-state index is 0.0227. The maximum atomic E-state index is 13.7. The first kappa shape index (κ1) is 21.6. The molecule has 1 atom stereocenters. The van der Waals surface area contributed by atoms with Crippen LogP contribution in [0, 0.1) is 12.0 Å². The number of benzene rings is 1.